The molecular formula is C27H30N8O2. The zero-order valence-electron chi connectivity index (χ0n) is 21.1. The van der Waals surface area contributed by atoms with E-state index in [1.54, 1.807) is 19.6 Å². The molecule has 3 aromatic heterocycles. The van der Waals surface area contributed by atoms with Crippen LogP contribution in [0.15, 0.2) is 55.0 Å². The average Bonchev–Trinajstić information content (AvgIpc) is 3.35. The standard InChI is InChI=1S/C27H30N8O2/c1-19-15-32(13-14-35(19)26(36)17-34-18-29-22-6-4-11-28-27(22)34)23-7-3-5-20-10-12-33(16-21(20)23)24-8-9-25(37-2)31-30-24/h3-9,11,18-19H,10,12-17H2,1-2H3/t19-/m1/s1. The number of hydrogen-bond acceptors (Lipinski definition) is 8. The Hall–Kier alpha value is -4.21. The van der Waals surface area contributed by atoms with Gasteiger partial charge in [-0.25, -0.2) is 9.97 Å². The molecule has 2 aliphatic rings. The van der Waals surface area contributed by atoms with E-state index in [1.807, 2.05) is 33.7 Å². The molecule has 1 aromatic carbocycles. The molecule has 0 unspecified atom stereocenters. The highest BCUT2D eigenvalue weighted by Gasteiger charge is 2.30. The Morgan fingerprint density at radius 3 is 2.76 bits per heavy atom. The minimum atomic E-state index is 0.0898. The second-order valence-corrected chi connectivity index (χ2v) is 9.62. The van der Waals surface area contributed by atoms with Crippen molar-refractivity contribution in [2.24, 2.45) is 0 Å². The largest absolute Gasteiger partial charge is 0.480 e. The summed E-state index contributed by atoms with van der Waals surface area (Å²) in [7, 11) is 1.60. The molecule has 1 atom stereocenters. The van der Waals surface area contributed by atoms with E-state index in [2.05, 4.69) is 55.1 Å². The minimum absolute atomic E-state index is 0.0898. The van der Waals surface area contributed by atoms with Crippen LogP contribution in [0, 0.1) is 0 Å². The molecule has 0 saturated carbocycles. The summed E-state index contributed by atoms with van der Waals surface area (Å²) in [4.78, 5) is 28.7. The number of piperazine rings is 1. The molecule has 6 rings (SSSR count). The molecule has 5 heterocycles. The Morgan fingerprint density at radius 1 is 1.03 bits per heavy atom. The lowest BCUT2D eigenvalue weighted by molar-refractivity contribution is -0.134. The Balaban J connectivity index is 1.16. The Labute approximate surface area is 215 Å². The Kier molecular flexibility index (Phi) is 6.07. The highest BCUT2D eigenvalue weighted by atomic mass is 16.5. The van der Waals surface area contributed by atoms with Gasteiger partial charge in [-0.05, 0) is 48.7 Å². The van der Waals surface area contributed by atoms with Crippen LogP contribution in [-0.4, -0.2) is 74.9 Å². The summed E-state index contributed by atoms with van der Waals surface area (Å²) in [6.45, 7) is 6.30. The van der Waals surface area contributed by atoms with Gasteiger partial charge in [-0.3, -0.25) is 4.79 Å². The van der Waals surface area contributed by atoms with Crippen molar-refractivity contribution in [3.8, 4) is 5.88 Å². The molecule has 1 fully saturated rings. The number of fused-ring (bicyclic) bond motifs is 2. The third-order valence-electron chi connectivity index (χ3n) is 7.38. The number of aromatic nitrogens is 5. The second kappa shape index (κ2) is 9.68. The first-order chi connectivity index (χ1) is 18.1. The molecule has 0 aliphatic carbocycles. The maximum Gasteiger partial charge on any atom is 0.242 e. The molecule has 0 N–H and O–H groups in total. The molecule has 1 saturated heterocycles. The van der Waals surface area contributed by atoms with Crippen LogP contribution in [-0.2, 0) is 24.3 Å². The van der Waals surface area contributed by atoms with Crippen molar-refractivity contribution in [3.05, 3.63) is 66.1 Å². The molecule has 10 nitrogen and oxygen atoms in total. The van der Waals surface area contributed by atoms with Crippen molar-refractivity contribution in [2.45, 2.75) is 32.5 Å². The number of hydrogen-bond donors (Lipinski definition) is 0. The molecule has 0 radical (unpaired) electrons. The monoisotopic (exact) mass is 498 g/mol. The number of rotatable bonds is 5. The number of nitrogens with zero attached hydrogens (tertiary/aromatic N) is 8. The topological polar surface area (TPSA) is 92.5 Å². The number of methoxy groups -OCH3 is 1. The van der Waals surface area contributed by atoms with Gasteiger partial charge in [0.15, 0.2) is 11.5 Å². The van der Waals surface area contributed by atoms with Gasteiger partial charge in [0.25, 0.3) is 0 Å². The van der Waals surface area contributed by atoms with Gasteiger partial charge in [-0.1, -0.05) is 12.1 Å². The van der Waals surface area contributed by atoms with Gasteiger partial charge in [-0.2, -0.15) is 0 Å². The fourth-order valence-electron chi connectivity index (χ4n) is 5.44. The van der Waals surface area contributed by atoms with Gasteiger partial charge in [0.1, 0.15) is 12.1 Å². The summed E-state index contributed by atoms with van der Waals surface area (Å²) in [5, 5.41) is 8.51. The zero-order valence-corrected chi connectivity index (χ0v) is 21.1. The van der Waals surface area contributed by atoms with E-state index in [9.17, 15) is 4.79 Å². The van der Waals surface area contributed by atoms with Gasteiger partial charge in [0.2, 0.25) is 11.8 Å². The average molecular weight is 499 g/mol. The summed E-state index contributed by atoms with van der Waals surface area (Å²) in [6.07, 6.45) is 4.39. The SMILES string of the molecule is COc1ccc(N2CCc3cccc(N4CCN(C(=O)Cn5cnc6cccnc65)[C@H](C)C4)c3C2)nn1. The fraction of sp³-hybridized carbons (Fsp3) is 0.370. The lowest BCUT2D eigenvalue weighted by Crippen LogP contribution is -2.55. The lowest BCUT2D eigenvalue weighted by Gasteiger charge is -2.42. The first-order valence-corrected chi connectivity index (χ1v) is 12.6. The molecule has 37 heavy (non-hydrogen) atoms. The van der Waals surface area contributed by atoms with Crippen molar-refractivity contribution in [3.63, 3.8) is 0 Å². The summed E-state index contributed by atoms with van der Waals surface area (Å²) in [6, 6.07) is 14.2. The van der Waals surface area contributed by atoms with Crippen molar-refractivity contribution in [2.75, 3.05) is 43.1 Å². The quantitative estimate of drug-likeness (QED) is 0.415. The van der Waals surface area contributed by atoms with Gasteiger partial charge < -0.3 is 24.0 Å². The van der Waals surface area contributed by atoms with Crippen LogP contribution < -0.4 is 14.5 Å². The molecule has 0 spiro atoms. The number of pyridine rings is 1. The van der Waals surface area contributed by atoms with E-state index >= 15 is 0 Å². The first-order valence-electron chi connectivity index (χ1n) is 12.6. The number of carbonyl (C=O) groups is 1. The smallest absolute Gasteiger partial charge is 0.242 e. The molecule has 190 valence electrons. The van der Waals surface area contributed by atoms with Crippen LogP contribution in [0.3, 0.4) is 0 Å². The van der Waals surface area contributed by atoms with Crippen LogP contribution in [0.4, 0.5) is 11.5 Å². The predicted molar refractivity (Wildman–Crippen MR) is 141 cm³/mol. The van der Waals surface area contributed by atoms with E-state index in [0.29, 0.717) is 12.4 Å². The molecule has 10 heteroatoms. The van der Waals surface area contributed by atoms with Crippen LogP contribution in [0.2, 0.25) is 0 Å². The van der Waals surface area contributed by atoms with Crippen LogP contribution in [0.25, 0.3) is 11.2 Å². The van der Waals surface area contributed by atoms with E-state index in [-0.39, 0.29) is 18.5 Å². The first kappa shape index (κ1) is 23.2. The Bertz CT molecular complexity index is 1420. The normalized spacial score (nSPS) is 17.7. The van der Waals surface area contributed by atoms with Gasteiger partial charge in [0, 0.05) is 56.7 Å². The molecule has 4 aromatic rings. The molecule has 1 amide bonds. The van der Waals surface area contributed by atoms with Crippen molar-refractivity contribution < 1.29 is 9.53 Å². The van der Waals surface area contributed by atoms with E-state index in [0.717, 1.165) is 49.6 Å². The minimum Gasteiger partial charge on any atom is -0.480 e. The third-order valence-corrected chi connectivity index (χ3v) is 7.38. The number of carbonyl (C=O) groups excluding carboxylic acids is 1. The Morgan fingerprint density at radius 2 is 1.95 bits per heavy atom. The lowest BCUT2D eigenvalue weighted by atomic mass is 9.96. The van der Waals surface area contributed by atoms with Crippen LogP contribution in [0.1, 0.15) is 18.1 Å². The van der Waals surface area contributed by atoms with Crippen molar-refractivity contribution in [1.29, 1.82) is 0 Å². The van der Waals surface area contributed by atoms with E-state index in [4.69, 9.17) is 4.74 Å². The maximum atomic E-state index is 13.2. The van der Waals surface area contributed by atoms with Crippen LogP contribution >= 0.6 is 0 Å². The number of ether oxygens (including phenoxy) is 1. The second-order valence-electron chi connectivity index (χ2n) is 9.62. The molecule has 0 bridgehead atoms. The molecule has 2 aliphatic heterocycles. The predicted octanol–water partition coefficient (Wildman–Crippen LogP) is 2.53. The number of amides is 1. The summed E-state index contributed by atoms with van der Waals surface area (Å²) >= 11 is 0. The fourth-order valence-corrected chi connectivity index (χ4v) is 5.44. The summed E-state index contributed by atoms with van der Waals surface area (Å²) < 4.78 is 6.99. The highest BCUT2D eigenvalue weighted by Crippen LogP contribution is 2.32. The van der Waals surface area contributed by atoms with Crippen molar-refractivity contribution in [1.82, 2.24) is 29.6 Å². The number of benzene rings is 1. The van der Waals surface area contributed by atoms with E-state index < -0.39 is 0 Å². The third kappa shape index (κ3) is 4.43. The number of imidazole rings is 1. The zero-order chi connectivity index (χ0) is 25.4. The van der Waals surface area contributed by atoms with Gasteiger partial charge in [0.05, 0.1) is 13.4 Å². The maximum absolute atomic E-state index is 13.2. The number of anilines is 2. The molecular weight excluding hydrogens is 468 g/mol. The van der Waals surface area contributed by atoms with Crippen molar-refractivity contribution >= 4 is 28.6 Å². The van der Waals surface area contributed by atoms with Gasteiger partial charge in [-0.15, -0.1) is 10.2 Å². The van der Waals surface area contributed by atoms with E-state index in [1.165, 1.54) is 16.8 Å². The summed E-state index contributed by atoms with van der Waals surface area (Å²) in [5.74, 6) is 1.46. The highest BCUT2D eigenvalue weighted by molar-refractivity contribution is 5.79. The summed E-state index contributed by atoms with van der Waals surface area (Å²) in [5.41, 5.74) is 5.49. The van der Waals surface area contributed by atoms with Gasteiger partial charge >= 0.3 is 0 Å². The van der Waals surface area contributed by atoms with Crippen LogP contribution in [0.5, 0.6) is 5.88 Å².